The van der Waals surface area contributed by atoms with Gasteiger partial charge in [-0.1, -0.05) is 0 Å². The van der Waals surface area contributed by atoms with E-state index in [1.807, 2.05) is 0 Å². The van der Waals surface area contributed by atoms with Crippen LogP contribution in [-0.2, 0) is 25.0 Å². The van der Waals surface area contributed by atoms with Crippen molar-refractivity contribution in [2.45, 2.75) is 53.4 Å². The average Bonchev–Trinajstić information content (AvgIpc) is 2.84. The van der Waals surface area contributed by atoms with Gasteiger partial charge >= 0.3 is 139 Å². The minimum atomic E-state index is -0.544. The van der Waals surface area contributed by atoms with Crippen LogP contribution in [0.1, 0.15) is 53.5 Å². The summed E-state index contributed by atoms with van der Waals surface area (Å²) in [4.78, 5) is 0. The average molecular weight is 318 g/mol. The molecule has 0 atom stereocenters. The van der Waals surface area contributed by atoms with Gasteiger partial charge in [0, 0.05) is 0 Å². The Hall–Kier alpha value is -0.786. The molecule has 1 aliphatic carbocycles. The molecule has 0 unspecified atom stereocenters. The van der Waals surface area contributed by atoms with Crippen molar-refractivity contribution in [2.24, 2.45) is 5.41 Å². The van der Waals surface area contributed by atoms with E-state index in [0.29, 0.717) is 0 Å². The number of rotatable bonds is 3. The van der Waals surface area contributed by atoms with Gasteiger partial charge in [0.1, 0.15) is 0 Å². The number of hydrogen-bond acceptors (Lipinski definition) is 1. The zero-order valence-electron chi connectivity index (χ0n) is 14.1. The van der Waals surface area contributed by atoms with Crippen molar-refractivity contribution in [3.05, 3.63) is 51.4 Å². The molecule has 0 aliphatic heterocycles. The third-order valence-corrected chi connectivity index (χ3v) is 5.38. The first-order chi connectivity index (χ1) is 9.68. The van der Waals surface area contributed by atoms with Gasteiger partial charge in [-0.05, 0) is 0 Å². The van der Waals surface area contributed by atoms with E-state index in [4.69, 9.17) is 3.32 Å². The third-order valence-electron chi connectivity index (χ3n) is 3.73. The van der Waals surface area contributed by atoms with Crippen LogP contribution in [0.3, 0.4) is 0 Å². The molecule has 0 fully saturated rings. The van der Waals surface area contributed by atoms with Gasteiger partial charge in [0.2, 0.25) is 0 Å². The third kappa shape index (κ3) is 4.34. The van der Waals surface area contributed by atoms with E-state index in [1.54, 1.807) is 0 Å². The van der Waals surface area contributed by atoms with Crippen LogP contribution >= 0.6 is 0 Å². The molecular weight excluding hydrogens is 292 g/mol. The molecule has 21 heavy (non-hydrogen) atoms. The Kier molecular flexibility index (Phi) is 4.85. The van der Waals surface area contributed by atoms with Crippen LogP contribution in [0.4, 0.5) is 0 Å². The molecule has 1 aromatic carbocycles. The molecule has 1 nitrogen and oxygen atoms in total. The second kappa shape index (κ2) is 6.14. The number of allylic oxidation sites excluding steroid dienone is 4. The summed E-state index contributed by atoms with van der Waals surface area (Å²) >= 11 is -0.544. The summed E-state index contributed by atoms with van der Waals surface area (Å²) in [6.45, 7) is 13.6. The Balaban J connectivity index is 2.11. The van der Waals surface area contributed by atoms with Crippen molar-refractivity contribution >= 4 is 0 Å². The molecule has 1 aliphatic rings. The maximum atomic E-state index is 6.18. The molecule has 0 heterocycles. The van der Waals surface area contributed by atoms with Crippen molar-refractivity contribution < 1.29 is 22.9 Å². The van der Waals surface area contributed by atoms with Crippen LogP contribution in [0, 0.1) is 5.41 Å². The molecular formula is C19H26OTi. The zero-order chi connectivity index (χ0) is 15.7. The maximum absolute atomic E-state index is 6.18. The Morgan fingerprint density at radius 3 is 2.33 bits per heavy atom. The molecule has 0 aromatic heterocycles. The summed E-state index contributed by atoms with van der Waals surface area (Å²) in [5.74, 6) is 1.02. The number of benzene rings is 1. The Morgan fingerprint density at radius 1 is 1.00 bits per heavy atom. The van der Waals surface area contributed by atoms with Gasteiger partial charge in [-0.2, -0.15) is 0 Å². The summed E-state index contributed by atoms with van der Waals surface area (Å²) in [5, 5.41) is 0. The Bertz CT molecular complexity index is 568. The van der Waals surface area contributed by atoms with Crippen molar-refractivity contribution in [3.8, 4) is 5.75 Å². The van der Waals surface area contributed by atoms with Crippen molar-refractivity contribution in [2.75, 3.05) is 0 Å². The Labute approximate surface area is 138 Å². The van der Waals surface area contributed by atoms with Gasteiger partial charge in [0.25, 0.3) is 0 Å². The fraction of sp³-hybridized carbons (Fsp3) is 0.474. The van der Waals surface area contributed by atoms with Crippen molar-refractivity contribution in [1.82, 2.24) is 0 Å². The van der Waals surface area contributed by atoms with E-state index in [2.05, 4.69) is 78.0 Å². The fourth-order valence-corrected chi connectivity index (χ4v) is 4.23. The predicted octanol–water partition coefficient (Wildman–Crippen LogP) is 5.62. The van der Waals surface area contributed by atoms with Crippen LogP contribution in [-0.4, -0.2) is 0 Å². The predicted molar refractivity (Wildman–Crippen MR) is 86.0 cm³/mol. The second-order valence-electron chi connectivity index (χ2n) is 7.73. The van der Waals surface area contributed by atoms with Gasteiger partial charge < -0.3 is 0 Å². The van der Waals surface area contributed by atoms with Gasteiger partial charge in [-0.25, -0.2) is 0 Å². The minimum absolute atomic E-state index is 0.171. The summed E-state index contributed by atoms with van der Waals surface area (Å²) in [6.07, 6.45) is 5.63. The van der Waals surface area contributed by atoms with Crippen LogP contribution in [0.25, 0.3) is 0 Å². The molecule has 2 rings (SSSR count). The standard InChI is InChI=1S/C10H14O.C9H13.Ti/c1-10(2,3)8-5-4-6-9(11)7-8;1-9(2,3)8-6-4-5-7-8;/h4-7,11H,1-3H3;4,6H,5H2,1-3H3;/q;;+1/p-1. The number of hydrogen-bond donors (Lipinski definition) is 0. The van der Waals surface area contributed by atoms with Crippen LogP contribution in [0.2, 0.25) is 0 Å². The van der Waals surface area contributed by atoms with E-state index in [9.17, 15) is 0 Å². The topological polar surface area (TPSA) is 9.23 Å². The van der Waals surface area contributed by atoms with E-state index in [0.717, 1.165) is 12.2 Å². The first-order valence-corrected chi connectivity index (χ1v) is 9.03. The summed E-state index contributed by atoms with van der Waals surface area (Å²) in [7, 11) is 0. The first kappa shape index (κ1) is 16.6. The zero-order valence-corrected chi connectivity index (χ0v) is 15.6. The normalized spacial score (nSPS) is 15.5. The molecule has 0 spiro atoms. The molecule has 0 saturated carbocycles. The van der Waals surface area contributed by atoms with Gasteiger partial charge in [0.15, 0.2) is 0 Å². The van der Waals surface area contributed by atoms with E-state index in [1.165, 1.54) is 15.0 Å². The summed E-state index contributed by atoms with van der Waals surface area (Å²) in [5.41, 5.74) is 3.21. The van der Waals surface area contributed by atoms with Crippen LogP contribution in [0.15, 0.2) is 45.9 Å². The van der Waals surface area contributed by atoms with Gasteiger partial charge in [-0.3, -0.25) is 0 Å². The van der Waals surface area contributed by atoms with Crippen LogP contribution in [0.5, 0.6) is 5.75 Å². The van der Waals surface area contributed by atoms with Crippen LogP contribution < -0.4 is 3.32 Å². The second-order valence-corrected chi connectivity index (χ2v) is 9.31. The molecule has 0 N–H and O–H groups in total. The van der Waals surface area contributed by atoms with E-state index in [-0.39, 0.29) is 10.8 Å². The van der Waals surface area contributed by atoms with Gasteiger partial charge in [-0.15, -0.1) is 0 Å². The molecule has 0 amide bonds. The Morgan fingerprint density at radius 2 is 1.71 bits per heavy atom. The SMILES string of the molecule is CC(C)(C)C1=[C]([Ti][O]c2cccc(C(C)(C)C)c2)CC=C1. The van der Waals surface area contributed by atoms with E-state index >= 15 is 0 Å². The molecule has 1 aromatic rings. The fourth-order valence-electron chi connectivity index (χ4n) is 2.45. The van der Waals surface area contributed by atoms with Crippen molar-refractivity contribution in [3.63, 3.8) is 0 Å². The molecule has 112 valence electrons. The summed E-state index contributed by atoms with van der Waals surface area (Å²) < 4.78 is 7.71. The van der Waals surface area contributed by atoms with E-state index < -0.39 is 19.5 Å². The molecule has 2 heteroatoms. The van der Waals surface area contributed by atoms with Crippen molar-refractivity contribution in [1.29, 1.82) is 0 Å². The molecule has 0 radical (unpaired) electrons. The molecule has 0 bridgehead atoms. The molecule has 0 saturated heterocycles. The summed E-state index contributed by atoms with van der Waals surface area (Å²) in [6, 6.07) is 8.57. The van der Waals surface area contributed by atoms with Gasteiger partial charge in [0.05, 0.1) is 0 Å². The first-order valence-electron chi connectivity index (χ1n) is 7.61. The monoisotopic (exact) mass is 318 g/mol. The quantitative estimate of drug-likeness (QED) is 0.657.